The third kappa shape index (κ3) is 4.18. The van der Waals surface area contributed by atoms with E-state index < -0.39 is 0 Å². The van der Waals surface area contributed by atoms with E-state index in [2.05, 4.69) is 26.2 Å². The van der Waals surface area contributed by atoms with Crippen LogP contribution >= 0.6 is 27.5 Å². The second kappa shape index (κ2) is 6.08. The number of amides is 1. The van der Waals surface area contributed by atoms with Crippen molar-refractivity contribution in [2.24, 2.45) is 0 Å². The van der Waals surface area contributed by atoms with Crippen molar-refractivity contribution < 1.29 is 4.79 Å². The topological polar surface area (TPSA) is 42.0 Å². The van der Waals surface area contributed by atoms with Crippen molar-refractivity contribution in [3.05, 3.63) is 28.5 Å². The quantitative estimate of drug-likeness (QED) is 0.867. The summed E-state index contributed by atoms with van der Waals surface area (Å²) in [7, 11) is 0. The molecule has 1 heterocycles. The molecule has 82 valence electrons. The highest BCUT2D eigenvalue weighted by molar-refractivity contribution is 9.10. The second-order valence-electron chi connectivity index (χ2n) is 3.08. The number of hydrogen-bond acceptors (Lipinski definition) is 2. The van der Waals surface area contributed by atoms with Crippen molar-refractivity contribution in [1.29, 1.82) is 0 Å². The Morgan fingerprint density at radius 3 is 2.93 bits per heavy atom. The number of aromatic nitrogens is 1. The molecule has 1 unspecified atom stereocenters. The smallest absolute Gasteiger partial charge is 0.269 e. The summed E-state index contributed by atoms with van der Waals surface area (Å²) in [5.41, 5.74) is 0.401. The van der Waals surface area contributed by atoms with Gasteiger partial charge >= 0.3 is 0 Å². The van der Waals surface area contributed by atoms with Crippen LogP contribution < -0.4 is 5.32 Å². The van der Waals surface area contributed by atoms with Gasteiger partial charge < -0.3 is 5.32 Å². The number of nitrogens with zero attached hydrogens (tertiary/aromatic N) is 1. The third-order valence-electron chi connectivity index (χ3n) is 1.89. The molecule has 0 radical (unpaired) electrons. The first-order valence-electron chi connectivity index (χ1n) is 4.67. The fraction of sp³-hybridized carbons (Fsp3) is 0.400. The van der Waals surface area contributed by atoms with E-state index in [1.165, 1.54) is 0 Å². The van der Waals surface area contributed by atoms with Gasteiger partial charge in [-0.15, -0.1) is 11.6 Å². The molecule has 1 aromatic rings. The van der Waals surface area contributed by atoms with Gasteiger partial charge in [0.1, 0.15) is 5.69 Å². The van der Waals surface area contributed by atoms with Crippen LogP contribution in [0.1, 0.15) is 23.8 Å². The zero-order chi connectivity index (χ0) is 11.3. The van der Waals surface area contributed by atoms with Gasteiger partial charge in [0.05, 0.1) is 5.38 Å². The molecule has 15 heavy (non-hydrogen) atoms. The maximum atomic E-state index is 11.5. The van der Waals surface area contributed by atoms with Crippen LogP contribution in [0.5, 0.6) is 0 Å². The molecule has 3 nitrogen and oxygen atoms in total. The zero-order valence-corrected chi connectivity index (χ0v) is 10.7. The molecular weight excluding hydrogens is 279 g/mol. The van der Waals surface area contributed by atoms with E-state index >= 15 is 0 Å². The Kier molecular flexibility index (Phi) is 5.05. The maximum Gasteiger partial charge on any atom is 0.269 e. The van der Waals surface area contributed by atoms with E-state index in [1.807, 2.05) is 6.92 Å². The molecule has 0 aliphatic rings. The summed E-state index contributed by atoms with van der Waals surface area (Å²) in [5, 5.41) is 2.70. The minimum absolute atomic E-state index is 0.0237. The number of carbonyl (C=O) groups excluding carboxylic acids is 1. The fourth-order valence-corrected chi connectivity index (χ4v) is 1.26. The van der Waals surface area contributed by atoms with Crippen molar-refractivity contribution in [1.82, 2.24) is 10.3 Å². The highest BCUT2D eigenvalue weighted by Gasteiger charge is 2.08. The molecule has 0 spiro atoms. The average Bonchev–Trinajstić information content (AvgIpc) is 2.26. The van der Waals surface area contributed by atoms with Crippen LogP contribution in [0, 0.1) is 0 Å². The molecule has 1 atom stereocenters. The number of halogens is 2. The van der Waals surface area contributed by atoms with Gasteiger partial charge in [-0.25, -0.2) is 4.98 Å². The summed E-state index contributed by atoms with van der Waals surface area (Å²) in [4.78, 5) is 15.5. The van der Waals surface area contributed by atoms with E-state index in [0.29, 0.717) is 12.2 Å². The van der Waals surface area contributed by atoms with Gasteiger partial charge in [-0.3, -0.25) is 4.79 Å². The number of alkyl halides is 1. The Hall–Kier alpha value is -0.610. The minimum atomic E-state index is -0.193. The van der Waals surface area contributed by atoms with Crippen LogP contribution in [0.3, 0.4) is 0 Å². The van der Waals surface area contributed by atoms with Crippen molar-refractivity contribution in [2.45, 2.75) is 18.7 Å². The molecule has 1 N–H and O–H groups in total. The molecule has 5 heteroatoms. The van der Waals surface area contributed by atoms with Gasteiger partial charge in [0, 0.05) is 17.2 Å². The van der Waals surface area contributed by atoms with Gasteiger partial charge in [-0.2, -0.15) is 0 Å². The SMILES string of the molecule is CCC(Cl)CNC(=O)c1ccc(Br)cn1. The van der Waals surface area contributed by atoms with E-state index in [4.69, 9.17) is 11.6 Å². The molecule has 0 aromatic carbocycles. The van der Waals surface area contributed by atoms with Gasteiger partial charge in [-0.1, -0.05) is 6.92 Å². The van der Waals surface area contributed by atoms with E-state index in [1.54, 1.807) is 18.3 Å². The molecule has 1 aromatic heterocycles. The summed E-state index contributed by atoms with van der Waals surface area (Å²) in [6, 6.07) is 3.44. The van der Waals surface area contributed by atoms with Crippen molar-refractivity contribution in [3.63, 3.8) is 0 Å². The lowest BCUT2D eigenvalue weighted by Crippen LogP contribution is -2.30. The van der Waals surface area contributed by atoms with Crippen LogP contribution in [0.4, 0.5) is 0 Å². The molecule has 0 saturated heterocycles. The Balaban J connectivity index is 2.50. The van der Waals surface area contributed by atoms with Crippen LogP contribution in [-0.4, -0.2) is 22.8 Å². The van der Waals surface area contributed by atoms with Crippen LogP contribution in [0.2, 0.25) is 0 Å². The van der Waals surface area contributed by atoms with Gasteiger partial charge in [0.2, 0.25) is 0 Å². The Bertz CT molecular complexity index is 329. The molecular formula is C10H12BrClN2O. The van der Waals surface area contributed by atoms with Crippen LogP contribution in [0.15, 0.2) is 22.8 Å². The number of pyridine rings is 1. The Morgan fingerprint density at radius 2 is 2.40 bits per heavy atom. The number of hydrogen-bond donors (Lipinski definition) is 1. The first-order chi connectivity index (χ1) is 7.13. The van der Waals surface area contributed by atoms with Gasteiger partial charge in [0.25, 0.3) is 5.91 Å². The minimum Gasteiger partial charge on any atom is -0.349 e. The van der Waals surface area contributed by atoms with Crippen molar-refractivity contribution in [3.8, 4) is 0 Å². The number of carbonyl (C=O) groups is 1. The molecule has 0 fully saturated rings. The lowest BCUT2D eigenvalue weighted by atomic mass is 10.3. The van der Waals surface area contributed by atoms with E-state index in [-0.39, 0.29) is 11.3 Å². The van der Waals surface area contributed by atoms with Gasteiger partial charge in [0.15, 0.2) is 0 Å². The molecule has 0 aliphatic heterocycles. The first-order valence-corrected chi connectivity index (χ1v) is 5.90. The summed E-state index contributed by atoms with van der Waals surface area (Å²) in [5.74, 6) is -0.193. The predicted octanol–water partition coefficient (Wildman–Crippen LogP) is 2.59. The monoisotopic (exact) mass is 290 g/mol. The first kappa shape index (κ1) is 12.5. The Labute approximate surface area is 102 Å². The lowest BCUT2D eigenvalue weighted by molar-refractivity contribution is 0.0948. The summed E-state index contributed by atoms with van der Waals surface area (Å²) in [6.07, 6.45) is 2.42. The van der Waals surface area contributed by atoms with Crippen molar-refractivity contribution in [2.75, 3.05) is 6.54 Å². The number of nitrogens with one attached hydrogen (secondary N) is 1. The molecule has 1 rings (SSSR count). The van der Waals surface area contributed by atoms with Crippen molar-refractivity contribution >= 4 is 33.4 Å². The molecule has 0 bridgehead atoms. The zero-order valence-electron chi connectivity index (χ0n) is 8.34. The normalized spacial score (nSPS) is 12.2. The highest BCUT2D eigenvalue weighted by atomic mass is 79.9. The van der Waals surface area contributed by atoms with E-state index in [9.17, 15) is 4.79 Å². The van der Waals surface area contributed by atoms with E-state index in [0.717, 1.165) is 10.9 Å². The van der Waals surface area contributed by atoms with Gasteiger partial charge in [-0.05, 0) is 34.5 Å². The lowest BCUT2D eigenvalue weighted by Gasteiger charge is -2.07. The summed E-state index contributed by atoms with van der Waals surface area (Å²) < 4.78 is 0.850. The summed E-state index contributed by atoms with van der Waals surface area (Å²) in [6.45, 7) is 2.44. The Morgan fingerprint density at radius 1 is 1.67 bits per heavy atom. The number of rotatable bonds is 4. The van der Waals surface area contributed by atoms with Crippen LogP contribution in [-0.2, 0) is 0 Å². The molecule has 1 amide bonds. The predicted molar refractivity (Wildman–Crippen MR) is 64.2 cm³/mol. The summed E-state index contributed by atoms with van der Waals surface area (Å²) >= 11 is 9.13. The highest BCUT2D eigenvalue weighted by Crippen LogP contribution is 2.07. The third-order valence-corrected chi connectivity index (χ3v) is 2.82. The fourth-order valence-electron chi connectivity index (χ4n) is 0.948. The van der Waals surface area contributed by atoms with Crippen LogP contribution in [0.25, 0.3) is 0 Å². The molecule has 0 aliphatic carbocycles. The standard InChI is InChI=1S/C10H12BrClN2O/c1-2-8(12)6-14-10(15)9-4-3-7(11)5-13-9/h3-5,8H,2,6H2,1H3,(H,14,15). The second-order valence-corrected chi connectivity index (χ2v) is 4.61. The molecule has 0 saturated carbocycles. The maximum absolute atomic E-state index is 11.5. The average molecular weight is 292 g/mol. The largest absolute Gasteiger partial charge is 0.349 e.